The second kappa shape index (κ2) is 5.22. The first kappa shape index (κ1) is 15.1. The molecule has 1 aromatic carbocycles. The molecule has 0 aliphatic carbocycles. The van der Waals surface area contributed by atoms with Crippen LogP contribution in [-0.4, -0.2) is 29.4 Å². The molecule has 20 heavy (non-hydrogen) atoms. The number of piperidine rings is 1. The van der Waals surface area contributed by atoms with Crippen molar-refractivity contribution in [1.82, 2.24) is 4.31 Å². The van der Waals surface area contributed by atoms with Crippen molar-refractivity contribution in [2.24, 2.45) is 0 Å². The number of rotatable bonds is 3. The average molecular weight is 295 g/mol. The molecule has 5 heteroatoms. The van der Waals surface area contributed by atoms with Crippen molar-refractivity contribution in [2.45, 2.75) is 49.6 Å². The van der Waals surface area contributed by atoms with E-state index in [4.69, 9.17) is 0 Å². The fourth-order valence-electron chi connectivity index (χ4n) is 2.92. The molecule has 1 aliphatic rings. The van der Waals surface area contributed by atoms with Gasteiger partial charge in [0.1, 0.15) is 5.75 Å². The first-order valence-electron chi connectivity index (χ1n) is 6.78. The Morgan fingerprint density at radius 1 is 1.40 bits per heavy atom. The lowest BCUT2D eigenvalue weighted by Gasteiger charge is -2.45. The largest absolute Gasteiger partial charge is 0.508 e. The Morgan fingerprint density at radius 2 is 2.00 bits per heavy atom. The molecule has 110 valence electrons. The maximum Gasteiger partial charge on any atom is 0.244 e. The minimum absolute atomic E-state index is 0.0575. The van der Waals surface area contributed by atoms with E-state index in [-0.39, 0.29) is 16.7 Å². The van der Waals surface area contributed by atoms with Gasteiger partial charge in [-0.15, -0.1) is 6.58 Å². The predicted octanol–water partition coefficient (Wildman–Crippen LogP) is 2.90. The summed E-state index contributed by atoms with van der Waals surface area (Å²) in [6, 6.07) is 5.61. The van der Waals surface area contributed by atoms with Gasteiger partial charge in [0.05, 0.1) is 10.4 Å². The Morgan fingerprint density at radius 3 is 2.55 bits per heavy atom. The second-order valence-electron chi connectivity index (χ2n) is 5.60. The number of hydrogen-bond acceptors (Lipinski definition) is 3. The van der Waals surface area contributed by atoms with Crippen LogP contribution in [0, 0.1) is 0 Å². The van der Waals surface area contributed by atoms with E-state index in [0.29, 0.717) is 0 Å². The first-order valence-corrected chi connectivity index (χ1v) is 8.22. The molecule has 1 fully saturated rings. The molecule has 1 aromatic rings. The van der Waals surface area contributed by atoms with Crippen LogP contribution < -0.4 is 0 Å². The lowest BCUT2D eigenvalue weighted by atomic mass is 9.88. The molecular formula is C15H21NO3S. The number of phenols is 1. The molecule has 0 spiro atoms. The Kier molecular flexibility index (Phi) is 3.93. The van der Waals surface area contributed by atoms with Crippen molar-refractivity contribution in [1.29, 1.82) is 0 Å². The predicted molar refractivity (Wildman–Crippen MR) is 79.0 cm³/mol. The Hall–Kier alpha value is -1.33. The van der Waals surface area contributed by atoms with Gasteiger partial charge in [-0.2, -0.15) is 4.31 Å². The van der Waals surface area contributed by atoms with Crippen LogP contribution in [0.25, 0.3) is 0 Å². The maximum absolute atomic E-state index is 12.9. The van der Waals surface area contributed by atoms with Crippen LogP contribution in [0.2, 0.25) is 0 Å². The van der Waals surface area contributed by atoms with Crippen molar-refractivity contribution < 1.29 is 13.5 Å². The molecule has 0 amide bonds. The van der Waals surface area contributed by atoms with E-state index in [1.807, 2.05) is 13.8 Å². The molecule has 1 heterocycles. The van der Waals surface area contributed by atoms with Crippen LogP contribution >= 0.6 is 0 Å². The molecule has 1 saturated heterocycles. The van der Waals surface area contributed by atoms with Crippen molar-refractivity contribution in [3.63, 3.8) is 0 Å². The first-order chi connectivity index (χ1) is 9.31. The number of hydrogen-bond donors (Lipinski definition) is 1. The van der Waals surface area contributed by atoms with Crippen molar-refractivity contribution in [2.75, 3.05) is 0 Å². The van der Waals surface area contributed by atoms with E-state index in [9.17, 15) is 13.5 Å². The number of aromatic hydroxyl groups is 1. The molecule has 2 rings (SSSR count). The number of phenolic OH excluding ortho intramolecular Hbond substituents is 1. The van der Waals surface area contributed by atoms with Crippen LogP contribution in [0.1, 0.15) is 33.1 Å². The van der Waals surface area contributed by atoms with E-state index < -0.39 is 15.6 Å². The standard InChI is InChI=1S/C15H21NO3S/c1-4-15(3)11-5-6-12(2)16(15)20(18,19)14-9-7-13(17)8-10-14/h4,7-10,12,17H,1,5-6,11H2,2-3H3. The Labute approximate surface area is 120 Å². The summed E-state index contributed by atoms with van der Waals surface area (Å²) in [4.78, 5) is 0.206. The normalized spacial score (nSPS) is 28.2. The lowest BCUT2D eigenvalue weighted by Crippen LogP contribution is -2.55. The molecule has 1 N–H and O–H groups in total. The smallest absolute Gasteiger partial charge is 0.244 e. The van der Waals surface area contributed by atoms with Gasteiger partial charge in [0, 0.05) is 6.04 Å². The molecule has 0 saturated carbocycles. The van der Waals surface area contributed by atoms with Gasteiger partial charge in [-0.25, -0.2) is 8.42 Å². The zero-order valence-corrected chi connectivity index (χ0v) is 12.7. The Balaban J connectivity index is 2.50. The van der Waals surface area contributed by atoms with Crippen LogP contribution in [0.5, 0.6) is 5.75 Å². The maximum atomic E-state index is 12.9. The van der Waals surface area contributed by atoms with Crippen LogP contribution in [-0.2, 0) is 10.0 Å². The van der Waals surface area contributed by atoms with E-state index >= 15 is 0 Å². The SMILES string of the molecule is C=CC1(C)CCCC(C)N1S(=O)(=O)c1ccc(O)cc1. The van der Waals surface area contributed by atoms with E-state index in [0.717, 1.165) is 19.3 Å². The zero-order valence-electron chi connectivity index (χ0n) is 11.9. The summed E-state index contributed by atoms with van der Waals surface area (Å²) in [6.07, 6.45) is 4.34. The summed E-state index contributed by atoms with van der Waals surface area (Å²) in [7, 11) is -3.60. The molecule has 4 nitrogen and oxygen atoms in total. The third-order valence-electron chi connectivity index (χ3n) is 4.04. The topological polar surface area (TPSA) is 57.6 Å². The highest BCUT2D eigenvalue weighted by Gasteiger charge is 2.43. The summed E-state index contributed by atoms with van der Waals surface area (Å²) < 4.78 is 27.3. The van der Waals surface area contributed by atoms with E-state index in [1.54, 1.807) is 10.4 Å². The Bertz CT molecular complexity index is 594. The third-order valence-corrected chi connectivity index (χ3v) is 6.20. The highest BCUT2D eigenvalue weighted by molar-refractivity contribution is 7.89. The second-order valence-corrected chi connectivity index (χ2v) is 7.41. The fraction of sp³-hybridized carbons (Fsp3) is 0.467. The van der Waals surface area contributed by atoms with Crippen molar-refractivity contribution in [3.8, 4) is 5.75 Å². The number of nitrogens with zero attached hydrogens (tertiary/aromatic N) is 1. The van der Waals surface area contributed by atoms with Crippen molar-refractivity contribution >= 4 is 10.0 Å². The highest BCUT2D eigenvalue weighted by Crippen LogP contribution is 2.37. The van der Waals surface area contributed by atoms with Gasteiger partial charge in [-0.1, -0.05) is 6.08 Å². The molecule has 1 aliphatic heterocycles. The minimum Gasteiger partial charge on any atom is -0.508 e. The molecule has 0 aromatic heterocycles. The highest BCUT2D eigenvalue weighted by atomic mass is 32.2. The summed E-state index contributed by atoms with van der Waals surface area (Å²) >= 11 is 0. The lowest BCUT2D eigenvalue weighted by molar-refractivity contribution is 0.145. The average Bonchev–Trinajstić information content (AvgIpc) is 2.38. The number of sulfonamides is 1. The van der Waals surface area contributed by atoms with E-state index in [2.05, 4.69) is 6.58 Å². The summed E-state index contributed by atoms with van der Waals surface area (Å²) in [5, 5.41) is 9.31. The van der Waals surface area contributed by atoms with Crippen LogP contribution in [0.3, 0.4) is 0 Å². The zero-order chi connectivity index (χ0) is 15.0. The van der Waals surface area contributed by atoms with Crippen LogP contribution in [0.15, 0.2) is 41.8 Å². The van der Waals surface area contributed by atoms with Gasteiger partial charge in [0.15, 0.2) is 0 Å². The number of benzene rings is 1. The molecule has 2 unspecified atom stereocenters. The molecule has 0 radical (unpaired) electrons. The molecular weight excluding hydrogens is 274 g/mol. The van der Waals surface area contributed by atoms with Crippen molar-refractivity contribution in [3.05, 3.63) is 36.9 Å². The summed E-state index contributed by atoms with van der Waals surface area (Å²) in [6.45, 7) is 7.66. The molecule has 2 atom stereocenters. The summed E-state index contributed by atoms with van der Waals surface area (Å²) in [5.41, 5.74) is -0.561. The molecule has 0 bridgehead atoms. The van der Waals surface area contributed by atoms with Gasteiger partial charge >= 0.3 is 0 Å². The quantitative estimate of drug-likeness (QED) is 0.872. The van der Waals surface area contributed by atoms with E-state index in [1.165, 1.54) is 24.3 Å². The minimum atomic E-state index is -3.60. The van der Waals surface area contributed by atoms with Gasteiger partial charge in [-0.3, -0.25) is 0 Å². The van der Waals surface area contributed by atoms with Gasteiger partial charge < -0.3 is 5.11 Å². The fourth-order valence-corrected chi connectivity index (χ4v) is 4.92. The summed E-state index contributed by atoms with van der Waals surface area (Å²) in [5.74, 6) is 0.0575. The third kappa shape index (κ3) is 2.47. The van der Waals surface area contributed by atoms with Gasteiger partial charge in [0.2, 0.25) is 10.0 Å². The van der Waals surface area contributed by atoms with Gasteiger partial charge in [0.25, 0.3) is 0 Å². The van der Waals surface area contributed by atoms with Gasteiger partial charge in [-0.05, 0) is 57.4 Å². The monoisotopic (exact) mass is 295 g/mol. The van der Waals surface area contributed by atoms with Crippen LogP contribution in [0.4, 0.5) is 0 Å².